The van der Waals surface area contributed by atoms with E-state index in [9.17, 15) is 18.3 Å². The van der Waals surface area contributed by atoms with Gasteiger partial charge in [0.05, 0.1) is 6.20 Å². The van der Waals surface area contributed by atoms with E-state index >= 15 is 0 Å². The number of H-pyrrole nitrogens is 1. The largest absolute Gasteiger partial charge is 0.480 e. The Bertz CT molecular complexity index is 888. The van der Waals surface area contributed by atoms with Crippen LogP contribution in [0.5, 0.6) is 0 Å². The number of nitrogens with zero attached hydrogens (tertiary/aromatic N) is 1. The summed E-state index contributed by atoms with van der Waals surface area (Å²) in [5, 5.41) is 9.63. The zero-order chi connectivity index (χ0) is 17.5. The highest BCUT2D eigenvalue weighted by Gasteiger charge is 2.48. The summed E-state index contributed by atoms with van der Waals surface area (Å²) in [4.78, 5) is 18.8. The number of hydrogen-bond acceptors (Lipinski definition) is 4. The number of fused-ring (bicyclic) bond motifs is 1. The fourth-order valence-corrected chi connectivity index (χ4v) is 4.32. The van der Waals surface area contributed by atoms with Crippen LogP contribution in [0, 0.1) is 0 Å². The lowest BCUT2D eigenvalue weighted by atomic mass is 9.93. The lowest BCUT2D eigenvalue weighted by molar-refractivity contribution is -0.144. The Morgan fingerprint density at radius 3 is 2.71 bits per heavy atom. The fourth-order valence-electron chi connectivity index (χ4n) is 3.02. The molecule has 0 radical (unpaired) electrons. The summed E-state index contributed by atoms with van der Waals surface area (Å²) in [6.07, 6.45) is 1.89. The van der Waals surface area contributed by atoms with Gasteiger partial charge in [-0.15, -0.1) is 0 Å². The Morgan fingerprint density at radius 2 is 2.08 bits per heavy atom. The smallest absolute Gasteiger partial charge is 0.329 e. The van der Waals surface area contributed by atoms with Crippen molar-refractivity contribution >= 4 is 16.0 Å². The van der Waals surface area contributed by atoms with E-state index in [1.807, 2.05) is 26.0 Å². The van der Waals surface area contributed by atoms with Crippen LogP contribution in [0.1, 0.15) is 43.1 Å². The summed E-state index contributed by atoms with van der Waals surface area (Å²) in [6, 6.07) is 7.01. The minimum absolute atomic E-state index is 0.0367. The first-order valence-electron chi connectivity index (χ1n) is 7.67. The number of sulfonamides is 1. The van der Waals surface area contributed by atoms with E-state index in [1.165, 1.54) is 6.20 Å². The first-order valence-corrected chi connectivity index (χ1v) is 9.15. The van der Waals surface area contributed by atoms with Crippen LogP contribution in [-0.4, -0.2) is 29.5 Å². The van der Waals surface area contributed by atoms with Gasteiger partial charge in [0, 0.05) is 5.92 Å². The van der Waals surface area contributed by atoms with Crippen molar-refractivity contribution in [3.05, 3.63) is 47.4 Å². The van der Waals surface area contributed by atoms with Crippen LogP contribution in [0.3, 0.4) is 0 Å². The summed E-state index contributed by atoms with van der Waals surface area (Å²) < 4.78 is 27.8. The fraction of sp³-hybridized carbons (Fsp3) is 0.375. The molecule has 128 valence electrons. The van der Waals surface area contributed by atoms with Crippen LogP contribution in [-0.2, 0) is 26.8 Å². The van der Waals surface area contributed by atoms with Crippen LogP contribution in [0.15, 0.2) is 35.5 Å². The molecule has 0 saturated heterocycles. The van der Waals surface area contributed by atoms with E-state index in [0.717, 1.165) is 5.56 Å². The molecule has 0 amide bonds. The molecule has 1 unspecified atom stereocenters. The topological polar surface area (TPSA) is 112 Å². The van der Waals surface area contributed by atoms with E-state index in [4.69, 9.17) is 0 Å². The molecule has 1 aliphatic carbocycles. The van der Waals surface area contributed by atoms with Crippen LogP contribution in [0.25, 0.3) is 0 Å². The number of aromatic amines is 1. The van der Waals surface area contributed by atoms with E-state index in [2.05, 4.69) is 14.7 Å². The molecule has 1 aromatic heterocycles. The van der Waals surface area contributed by atoms with Crippen molar-refractivity contribution in [2.75, 3.05) is 0 Å². The third-order valence-electron chi connectivity index (χ3n) is 4.33. The summed E-state index contributed by atoms with van der Waals surface area (Å²) in [5.74, 6) is -0.638. The highest BCUT2D eigenvalue weighted by molar-refractivity contribution is 7.89. The van der Waals surface area contributed by atoms with E-state index in [0.29, 0.717) is 17.8 Å². The van der Waals surface area contributed by atoms with Crippen molar-refractivity contribution in [2.24, 2.45) is 0 Å². The number of aliphatic carboxylic acids is 1. The first-order chi connectivity index (χ1) is 11.3. The minimum Gasteiger partial charge on any atom is -0.480 e. The zero-order valence-electron chi connectivity index (χ0n) is 13.4. The number of nitrogens with one attached hydrogen (secondary N) is 2. The van der Waals surface area contributed by atoms with Crippen LogP contribution >= 0.6 is 0 Å². The van der Waals surface area contributed by atoms with Crippen molar-refractivity contribution in [1.29, 1.82) is 0 Å². The molecule has 0 spiro atoms. The Morgan fingerprint density at radius 1 is 1.38 bits per heavy atom. The lowest BCUT2D eigenvalue weighted by Gasteiger charge is -2.26. The molecule has 0 fully saturated rings. The maximum absolute atomic E-state index is 12.7. The number of benzene rings is 1. The normalized spacial score (nSPS) is 20.3. The molecule has 1 aliphatic rings. The van der Waals surface area contributed by atoms with Crippen LogP contribution in [0.2, 0.25) is 0 Å². The number of rotatable bonds is 5. The number of carboxylic acid groups (broad SMARTS) is 1. The third-order valence-corrected chi connectivity index (χ3v) is 5.73. The number of aromatic nitrogens is 2. The molecule has 0 bridgehead atoms. The number of hydrogen-bond donors (Lipinski definition) is 3. The molecular weight excluding hydrogens is 330 g/mol. The van der Waals surface area contributed by atoms with Crippen molar-refractivity contribution in [3.8, 4) is 0 Å². The molecule has 2 aromatic rings. The average molecular weight is 349 g/mol. The second kappa shape index (κ2) is 5.71. The molecule has 1 atom stereocenters. The van der Waals surface area contributed by atoms with Gasteiger partial charge in [-0.3, -0.25) is 0 Å². The van der Waals surface area contributed by atoms with Crippen LogP contribution in [0.4, 0.5) is 0 Å². The summed E-state index contributed by atoms with van der Waals surface area (Å²) >= 11 is 0. The molecule has 8 heteroatoms. The number of carbonyl (C=O) groups is 1. The Labute approximate surface area is 140 Å². The van der Waals surface area contributed by atoms with Crippen molar-refractivity contribution in [1.82, 2.24) is 14.7 Å². The first kappa shape index (κ1) is 16.7. The second-order valence-corrected chi connectivity index (χ2v) is 7.91. The molecule has 7 nitrogen and oxygen atoms in total. The van der Waals surface area contributed by atoms with Crippen molar-refractivity contribution in [2.45, 2.75) is 43.2 Å². The standard InChI is InChI=1S/C16H19N3O4S/c1-10(2)14-17-9-13(18-14)24(22,23)19-16(15(20)21)8-7-11-5-3-4-6-12(11)16/h3-6,9-10,19H,7-8H2,1-2H3,(H,17,18)(H,20,21). The molecular formula is C16H19N3O4S. The van der Waals surface area contributed by atoms with Gasteiger partial charge in [0.15, 0.2) is 10.6 Å². The van der Waals surface area contributed by atoms with E-state index < -0.39 is 21.5 Å². The Kier molecular flexibility index (Phi) is 3.97. The quantitative estimate of drug-likeness (QED) is 0.761. The van der Waals surface area contributed by atoms with Crippen LogP contribution < -0.4 is 4.72 Å². The monoisotopic (exact) mass is 349 g/mol. The number of carboxylic acids is 1. The highest BCUT2D eigenvalue weighted by atomic mass is 32.2. The van der Waals surface area contributed by atoms with Crippen molar-refractivity contribution in [3.63, 3.8) is 0 Å². The van der Waals surface area contributed by atoms with Gasteiger partial charge in [-0.05, 0) is 24.0 Å². The number of imidazole rings is 1. The molecule has 24 heavy (non-hydrogen) atoms. The second-order valence-electron chi connectivity index (χ2n) is 6.26. The zero-order valence-corrected chi connectivity index (χ0v) is 14.2. The summed E-state index contributed by atoms with van der Waals surface area (Å²) in [5.41, 5.74) is -0.321. The van der Waals surface area contributed by atoms with Gasteiger partial charge in [0.25, 0.3) is 10.0 Å². The molecule has 1 heterocycles. The Hall–Kier alpha value is -2.19. The maximum atomic E-state index is 12.7. The van der Waals surface area contributed by atoms with E-state index in [1.54, 1.807) is 12.1 Å². The highest BCUT2D eigenvalue weighted by Crippen LogP contribution is 2.38. The third kappa shape index (κ3) is 2.61. The van der Waals surface area contributed by atoms with Gasteiger partial charge in [-0.25, -0.2) is 18.2 Å². The van der Waals surface area contributed by atoms with Gasteiger partial charge < -0.3 is 10.1 Å². The summed E-state index contributed by atoms with van der Waals surface area (Å²) in [7, 11) is -4.05. The van der Waals surface area contributed by atoms with Gasteiger partial charge >= 0.3 is 5.97 Å². The molecule has 0 aliphatic heterocycles. The predicted octanol–water partition coefficient (Wildman–Crippen LogP) is 1.74. The maximum Gasteiger partial charge on any atom is 0.329 e. The molecule has 0 saturated carbocycles. The van der Waals surface area contributed by atoms with Gasteiger partial charge in [-0.1, -0.05) is 38.1 Å². The minimum atomic E-state index is -4.05. The van der Waals surface area contributed by atoms with Gasteiger partial charge in [-0.2, -0.15) is 4.72 Å². The van der Waals surface area contributed by atoms with Crippen molar-refractivity contribution < 1.29 is 18.3 Å². The molecule has 3 N–H and O–H groups in total. The average Bonchev–Trinajstić information content (AvgIpc) is 3.14. The van der Waals surface area contributed by atoms with E-state index in [-0.39, 0.29) is 17.4 Å². The SMILES string of the molecule is CC(C)c1ncc(S(=O)(=O)NC2(C(=O)O)CCc3ccccc32)[nH]1. The number of aryl methyl sites for hydroxylation is 1. The molecule has 3 rings (SSSR count). The van der Waals surface area contributed by atoms with Gasteiger partial charge in [0.2, 0.25) is 0 Å². The Balaban J connectivity index is 2.02. The summed E-state index contributed by atoms with van der Waals surface area (Å²) in [6.45, 7) is 3.77. The van der Waals surface area contributed by atoms with Gasteiger partial charge in [0.1, 0.15) is 5.82 Å². The molecule has 1 aromatic carbocycles. The lowest BCUT2D eigenvalue weighted by Crippen LogP contribution is -2.50. The predicted molar refractivity (Wildman–Crippen MR) is 87.1 cm³/mol.